The van der Waals surface area contributed by atoms with Crippen molar-refractivity contribution in [2.75, 3.05) is 0 Å². The predicted molar refractivity (Wildman–Crippen MR) is 82.7 cm³/mol. The van der Waals surface area contributed by atoms with Crippen molar-refractivity contribution in [2.24, 2.45) is 5.41 Å². The molecule has 1 aromatic rings. The van der Waals surface area contributed by atoms with Crippen LogP contribution in [-0.2, 0) is 0 Å². The molecule has 2 atom stereocenters. The van der Waals surface area contributed by atoms with Crippen molar-refractivity contribution in [2.45, 2.75) is 66.7 Å². The summed E-state index contributed by atoms with van der Waals surface area (Å²) in [6.07, 6.45) is 0.224. The molecule has 0 aliphatic heterocycles. The van der Waals surface area contributed by atoms with Crippen molar-refractivity contribution >= 4 is 0 Å². The monoisotopic (exact) mass is 263 g/mol. The fourth-order valence-electron chi connectivity index (χ4n) is 1.83. The van der Waals surface area contributed by atoms with E-state index in [-0.39, 0.29) is 11.5 Å². The fourth-order valence-corrected chi connectivity index (χ4v) is 1.83. The Morgan fingerprint density at radius 1 is 0.947 bits per heavy atom. The average Bonchev–Trinajstić information content (AvgIpc) is 2.27. The summed E-state index contributed by atoms with van der Waals surface area (Å²) in [7, 11) is 0. The molecule has 1 aromatic carbocycles. The van der Waals surface area contributed by atoms with Crippen molar-refractivity contribution in [3.63, 3.8) is 0 Å². The van der Waals surface area contributed by atoms with E-state index in [4.69, 9.17) is 4.74 Å². The van der Waals surface area contributed by atoms with E-state index >= 15 is 0 Å². The van der Waals surface area contributed by atoms with Crippen LogP contribution in [0.25, 0.3) is 0 Å². The van der Waals surface area contributed by atoms with Gasteiger partial charge in [0.15, 0.2) is 0 Å². The standard InChI is InChI=1S/C17H29NO/c1-12(2)19-16-10-8-15(9-11-16)13(3)18-14(4)17(5,6)7/h8-14,18H,1-7H3. The molecule has 2 unspecified atom stereocenters. The zero-order valence-electron chi connectivity index (χ0n) is 13.4. The van der Waals surface area contributed by atoms with Crippen molar-refractivity contribution in [3.05, 3.63) is 29.8 Å². The van der Waals surface area contributed by atoms with Gasteiger partial charge < -0.3 is 10.1 Å². The maximum atomic E-state index is 5.66. The third-order valence-corrected chi connectivity index (χ3v) is 3.55. The molecule has 1 rings (SSSR count). The summed E-state index contributed by atoms with van der Waals surface area (Å²) < 4.78 is 5.66. The normalized spacial score (nSPS) is 15.4. The first-order chi connectivity index (χ1) is 8.70. The maximum Gasteiger partial charge on any atom is 0.119 e. The highest BCUT2D eigenvalue weighted by molar-refractivity contribution is 5.29. The van der Waals surface area contributed by atoms with Crippen LogP contribution in [0.2, 0.25) is 0 Å². The Kier molecular flexibility index (Phi) is 5.42. The Morgan fingerprint density at radius 2 is 1.47 bits per heavy atom. The van der Waals surface area contributed by atoms with E-state index in [1.165, 1.54) is 5.56 Å². The molecular formula is C17H29NO. The Bertz CT molecular complexity index is 375. The van der Waals surface area contributed by atoms with E-state index in [2.05, 4.69) is 64.2 Å². The summed E-state index contributed by atoms with van der Waals surface area (Å²) in [4.78, 5) is 0. The molecule has 0 bridgehead atoms. The van der Waals surface area contributed by atoms with Gasteiger partial charge in [-0.2, -0.15) is 0 Å². The van der Waals surface area contributed by atoms with Gasteiger partial charge >= 0.3 is 0 Å². The lowest BCUT2D eigenvalue weighted by Gasteiger charge is -2.31. The Labute approximate surface area is 118 Å². The number of hydrogen-bond acceptors (Lipinski definition) is 2. The van der Waals surface area contributed by atoms with Crippen LogP contribution in [-0.4, -0.2) is 12.1 Å². The molecule has 0 saturated carbocycles. The van der Waals surface area contributed by atoms with E-state index in [0.717, 1.165) is 5.75 Å². The van der Waals surface area contributed by atoms with Crippen LogP contribution < -0.4 is 10.1 Å². The highest BCUT2D eigenvalue weighted by Crippen LogP contribution is 2.23. The molecule has 19 heavy (non-hydrogen) atoms. The van der Waals surface area contributed by atoms with Gasteiger partial charge in [0.2, 0.25) is 0 Å². The Hall–Kier alpha value is -1.02. The van der Waals surface area contributed by atoms with Crippen LogP contribution in [0.1, 0.15) is 60.1 Å². The quantitative estimate of drug-likeness (QED) is 0.841. The predicted octanol–water partition coefficient (Wildman–Crippen LogP) is 4.56. The van der Waals surface area contributed by atoms with Crippen LogP contribution in [0, 0.1) is 5.41 Å². The van der Waals surface area contributed by atoms with Crippen LogP contribution >= 0.6 is 0 Å². The molecular weight excluding hydrogens is 234 g/mol. The van der Waals surface area contributed by atoms with E-state index in [1.54, 1.807) is 0 Å². The smallest absolute Gasteiger partial charge is 0.119 e. The van der Waals surface area contributed by atoms with E-state index in [9.17, 15) is 0 Å². The average molecular weight is 263 g/mol. The maximum absolute atomic E-state index is 5.66. The van der Waals surface area contributed by atoms with Crippen LogP contribution in [0.4, 0.5) is 0 Å². The second-order valence-electron chi connectivity index (χ2n) is 6.71. The van der Waals surface area contributed by atoms with Gasteiger partial charge in [0.25, 0.3) is 0 Å². The first kappa shape index (κ1) is 16.0. The molecule has 0 spiro atoms. The first-order valence-electron chi connectivity index (χ1n) is 7.23. The third kappa shape index (κ3) is 5.23. The van der Waals surface area contributed by atoms with E-state index in [1.807, 2.05) is 13.8 Å². The zero-order chi connectivity index (χ0) is 14.6. The van der Waals surface area contributed by atoms with Crippen molar-refractivity contribution in [3.8, 4) is 5.75 Å². The molecule has 1 N–H and O–H groups in total. The van der Waals surface area contributed by atoms with Crippen LogP contribution in [0.3, 0.4) is 0 Å². The fraction of sp³-hybridized carbons (Fsp3) is 0.647. The molecule has 2 nitrogen and oxygen atoms in total. The number of hydrogen-bond donors (Lipinski definition) is 1. The molecule has 0 aliphatic rings. The summed E-state index contributed by atoms with van der Waals surface area (Å²) in [5.74, 6) is 0.940. The van der Waals surface area contributed by atoms with Gasteiger partial charge in [-0.1, -0.05) is 32.9 Å². The van der Waals surface area contributed by atoms with Gasteiger partial charge in [0, 0.05) is 12.1 Å². The second-order valence-corrected chi connectivity index (χ2v) is 6.71. The van der Waals surface area contributed by atoms with Gasteiger partial charge in [0.1, 0.15) is 5.75 Å². The molecule has 0 amide bonds. The van der Waals surface area contributed by atoms with Gasteiger partial charge in [-0.25, -0.2) is 0 Å². The number of nitrogens with one attached hydrogen (secondary N) is 1. The molecule has 2 heteroatoms. The lowest BCUT2D eigenvalue weighted by molar-refractivity contribution is 0.242. The number of rotatable bonds is 5. The molecule has 0 saturated heterocycles. The molecule has 0 fully saturated rings. The summed E-state index contributed by atoms with van der Waals surface area (Å²) in [6, 6.07) is 9.21. The molecule has 108 valence electrons. The first-order valence-corrected chi connectivity index (χ1v) is 7.23. The minimum atomic E-state index is 0.224. The summed E-state index contributed by atoms with van der Waals surface area (Å²) in [5, 5.41) is 3.66. The summed E-state index contributed by atoms with van der Waals surface area (Å²) in [5.41, 5.74) is 1.57. The highest BCUT2D eigenvalue weighted by atomic mass is 16.5. The topological polar surface area (TPSA) is 21.3 Å². The second kappa shape index (κ2) is 6.42. The molecule has 0 aliphatic carbocycles. The van der Waals surface area contributed by atoms with Gasteiger partial charge in [-0.3, -0.25) is 0 Å². The lowest BCUT2D eigenvalue weighted by Crippen LogP contribution is -2.39. The SMILES string of the molecule is CC(C)Oc1ccc(C(C)NC(C)C(C)(C)C)cc1. The van der Waals surface area contributed by atoms with Crippen LogP contribution in [0.15, 0.2) is 24.3 Å². The minimum absolute atomic E-state index is 0.224. The van der Waals surface area contributed by atoms with Crippen molar-refractivity contribution < 1.29 is 4.74 Å². The van der Waals surface area contributed by atoms with Crippen molar-refractivity contribution in [1.29, 1.82) is 0 Å². The largest absolute Gasteiger partial charge is 0.491 e. The summed E-state index contributed by atoms with van der Waals surface area (Å²) >= 11 is 0. The van der Waals surface area contributed by atoms with E-state index < -0.39 is 0 Å². The number of ether oxygens (including phenoxy) is 1. The van der Waals surface area contributed by atoms with E-state index in [0.29, 0.717) is 12.1 Å². The third-order valence-electron chi connectivity index (χ3n) is 3.55. The molecule has 0 heterocycles. The van der Waals surface area contributed by atoms with Crippen molar-refractivity contribution in [1.82, 2.24) is 5.32 Å². The Morgan fingerprint density at radius 3 is 1.89 bits per heavy atom. The number of benzene rings is 1. The van der Waals surface area contributed by atoms with Crippen LogP contribution in [0.5, 0.6) is 5.75 Å². The zero-order valence-corrected chi connectivity index (χ0v) is 13.4. The molecule has 0 aromatic heterocycles. The summed E-state index contributed by atoms with van der Waals surface area (Å²) in [6.45, 7) is 15.3. The minimum Gasteiger partial charge on any atom is -0.491 e. The van der Waals surface area contributed by atoms with Gasteiger partial charge in [-0.05, 0) is 50.8 Å². The molecule has 0 radical (unpaired) electrons. The Balaban J connectivity index is 2.65. The lowest BCUT2D eigenvalue weighted by atomic mass is 9.87. The van der Waals surface area contributed by atoms with Gasteiger partial charge in [-0.15, -0.1) is 0 Å². The van der Waals surface area contributed by atoms with Gasteiger partial charge in [0.05, 0.1) is 6.10 Å². The highest BCUT2D eigenvalue weighted by Gasteiger charge is 2.21.